The number of thiophene rings is 1. The number of rotatable bonds is 4. The smallest absolute Gasteiger partial charge is 0.161 e. The molecule has 49 heavy (non-hydrogen) atoms. The van der Waals surface area contributed by atoms with Crippen LogP contribution in [0, 0.1) is 0 Å². The van der Waals surface area contributed by atoms with Gasteiger partial charge in [0, 0.05) is 36.9 Å². The van der Waals surface area contributed by atoms with Crippen molar-refractivity contribution in [2.24, 2.45) is 0 Å². The van der Waals surface area contributed by atoms with Crippen molar-refractivity contribution in [3.63, 3.8) is 0 Å². The predicted molar refractivity (Wildman–Crippen MR) is 209 cm³/mol. The molecule has 0 atom stereocenters. The van der Waals surface area contributed by atoms with E-state index in [2.05, 4.69) is 170 Å². The lowest BCUT2D eigenvalue weighted by atomic mass is 9.92. The maximum atomic E-state index is 5.33. The maximum absolute atomic E-state index is 5.33. The molecule has 0 fully saturated rings. The molecule has 0 bridgehead atoms. The van der Waals surface area contributed by atoms with Crippen molar-refractivity contribution in [3.8, 4) is 45.0 Å². The van der Waals surface area contributed by atoms with Crippen LogP contribution in [0.1, 0.15) is 0 Å². The fourth-order valence-corrected chi connectivity index (χ4v) is 8.53. The van der Waals surface area contributed by atoms with E-state index in [1.807, 2.05) is 11.3 Å². The van der Waals surface area contributed by atoms with E-state index in [1.54, 1.807) is 0 Å². The van der Waals surface area contributed by atoms with E-state index in [4.69, 9.17) is 9.97 Å². The van der Waals surface area contributed by atoms with Gasteiger partial charge in [0.25, 0.3) is 0 Å². The van der Waals surface area contributed by atoms with E-state index in [9.17, 15) is 0 Å². The summed E-state index contributed by atoms with van der Waals surface area (Å²) >= 11 is 1.81. The first-order valence-corrected chi connectivity index (χ1v) is 17.4. The Bertz CT molecular complexity index is 2830. The number of nitrogens with zero attached hydrogens (tertiary/aromatic N) is 2. The largest absolute Gasteiger partial charge is 0.228 e. The van der Waals surface area contributed by atoms with Gasteiger partial charge in [0.15, 0.2) is 5.82 Å². The second kappa shape index (κ2) is 11.2. The van der Waals surface area contributed by atoms with Crippen molar-refractivity contribution < 1.29 is 0 Å². The van der Waals surface area contributed by atoms with Gasteiger partial charge in [-0.15, -0.1) is 11.3 Å². The molecule has 0 spiro atoms. The zero-order valence-corrected chi connectivity index (χ0v) is 27.3. The Morgan fingerprint density at radius 2 is 0.837 bits per heavy atom. The van der Waals surface area contributed by atoms with E-state index >= 15 is 0 Å². The first-order chi connectivity index (χ1) is 24.3. The van der Waals surface area contributed by atoms with Crippen LogP contribution >= 0.6 is 11.3 Å². The van der Waals surface area contributed by atoms with Crippen LogP contribution in [0.2, 0.25) is 0 Å². The molecule has 228 valence electrons. The molecule has 0 amide bonds. The highest BCUT2D eigenvalue weighted by Crippen LogP contribution is 2.41. The third kappa shape index (κ3) is 4.62. The summed E-state index contributed by atoms with van der Waals surface area (Å²) in [7, 11) is 0. The highest BCUT2D eigenvalue weighted by molar-refractivity contribution is 7.26. The van der Waals surface area contributed by atoms with Crippen LogP contribution in [0.5, 0.6) is 0 Å². The normalized spacial score (nSPS) is 11.7. The van der Waals surface area contributed by atoms with Crippen molar-refractivity contribution in [1.29, 1.82) is 0 Å². The SMILES string of the molecule is c1ccc(-c2ccc(-c3cc(-c4ccc5c6ccccc6c6ccccc6c5c4)nc(-c4cccc5c4sc4ccccc45)n3)cc2)cc1. The van der Waals surface area contributed by atoms with Gasteiger partial charge in [-0.3, -0.25) is 0 Å². The maximum Gasteiger partial charge on any atom is 0.161 e. The highest BCUT2D eigenvalue weighted by atomic mass is 32.1. The number of hydrogen-bond donors (Lipinski definition) is 0. The standard InChI is InChI=1S/C46H28N2S/c1-2-11-29(12-3-1)30-21-23-31(24-22-30)42-28-43(48-46(47-42)40-19-10-18-39-38-17-8-9-20-44(38)49-45(39)40)32-25-26-37-35-15-5-4-13-33(35)34-14-6-7-16-36(34)41(37)27-32/h1-28H. The van der Waals surface area contributed by atoms with Gasteiger partial charge in [-0.05, 0) is 67.7 Å². The summed E-state index contributed by atoms with van der Waals surface area (Å²) in [6.45, 7) is 0. The molecule has 2 aromatic heterocycles. The topological polar surface area (TPSA) is 25.8 Å². The second-order valence-corrected chi connectivity index (χ2v) is 13.6. The molecule has 0 aliphatic carbocycles. The summed E-state index contributed by atoms with van der Waals surface area (Å²) < 4.78 is 2.48. The number of hydrogen-bond acceptors (Lipinski definition) is 3. The third-order valence-corrected chi connectivity index (χ3v) is 10.9. The van der Waals surface area contributed by atoms with Crippen LogP contribution in [0.25, 0.3) is 97.5 Å². The predicted octanol–water partition coefficient (Wildman–Crippen LogP) is 13.0. The van der Waals surface area contributed by atoms with Gasteiger partial charge in [-0.1, -0.05) is 146 Å². The van der Waals surface area contributed by atoms with Gasteiger partial charge in [0.2, 0.25) is 0 Å². The second-order valence-electron chi connectivity index (χ2n) is 12.5. The summed E-state index contributed by atoms with van der Waals surface area (Å²) in [5, 5.41) is 10.0. The average Bonchev–Trinajstić information content (AvgIpc) is 3.57. The Morgan fingerprint density at radius 1 is 0.327 bits per heavy atom. The molecule has 0 saturated carbocycles. The van der Waals surface area contributed by atoms with Crippen molar-refractivity contribution in [3.05, 3.63) is 170 Å². The monoisotopic (exact) mass is 640 g/mol. The van der Waals surface area contributed by atoms with Crippen molar-refractivity contribution in [2.45, 2.75) is 0 Å². The summed E-state index contributed by atoms with van der Waals surface area (Å²) in [5.74, 6) is 0.736. The first-order valence-electron chi connectivity index (χ1n) is 16.6. The van der Waals surface area contributed by atoms with Crippen LogP contribution < -0.4 is 0 Å². The molecule has 2 nitrogen and oxygen atoms in total. The van der Waals surface area contributed by atoms with Crippen LogP contribution in [0.4, 0.5) is 0 Å². The first kappa shape index (κ1) is 27.9. The van der Waals surface area contributed by atoms with E-state index < -0.39 is 0 Å². The molecule has 8 aromatic carbocycles. The van der Waals surface area contributed by atoms with Crippen LogP contribution in [-0.2, 0) is 0 Å². The Balaban J connectivity index is 1.21. The van der Waals surface area contributed by atoms with Gasteiger partial charge in [-0.25, -0.2) is 9.97 Å². The van der Waals surface area contributed by atoms with Gasteiger partial charge in [-0.2, -0.15) is 0 Å². The van der Waals surface area contributed by atoms with Crippen molar-refractivity contribution in [1.82, 2.24) is 9.97 Å². The van der Waals surface area contributed by atoms with Gasteiger partial charge >= 0.3 is 0 Å². The Kier molecular flexibility index (Phi) is 6.39. The van der Waals surface area contributed by atoms with Crippen molar-refractivity contribution in [2.75, 3.05) is 0 Å². The average molecular weight is 641 g/mol. The van der Waals surface area contributed by atoms with E-state index in [0.717, 1.165) is 33.9 Å². The molecule has 0 aliphatic rings. The fourth-order valence-electron chi connectivity index (χ4n) is 7.32. The highest BCUT2D eigenvalue weighted by Gasteiger charge is 2.17. The molecule has 10 aromatic rings. The zero-order chi connectivity index (χ0) is 32.3. The lowest BCUT2D eigenvalue weighted by Crippen LogP contribution is -1.96. The summed E-state index contributed by atoms with van der Waals surface area (Å²) in [6, 6.07) is 60.8. The fraction of sp³-hybridized carbons (Fsp3) is 0. The molecular weight excluding hydrogens is 613 g/mol. The van der Waals surface area contributed by atoms with Crippen molar-refractivity contribution >= 4 is 63.8 Å². The van der Waals surface area contributed by atoms with Gasteiger partial charge in [0.05, 0.1) is 11.4 Å². The number of aromatic nitrogens is 2. The molecule has 0 saturated heterocycles. The Hall–Kier alpha value is -6.16. The van der Waals surface area contributed by atoms with Gasteiger partial charge in [0.1, 0.15) is 0 Å². The Morgan fingerprint density at radius 3 is 1.55 bits per heavy atom. The molecule has 0 radical (unpaired) electrons. The number of benzene rings is 8. The van der Waals surface area contributed by atoms with E-state index in [-0.39, 0.29) is 0 Å². The zero-order valence-electron chi connectivity index (χ0n) is 26.5. The minimum Gasteiger partial charge on any atom is -0.228 e. The van der Waals surface area contributed by atoms with E-state index in [0.29, 0.717) is 0 Å². The quantitative estimate of drug-likeness (QED) is 0.179. The van der Waals surface area contributed by atoms with Crippen LogP contribution in [0.3, 0.4) is 0 Å². The molecule has 10 rings (SSSR count). The molecule has 0 N–H and O–H groups in total. The lowest BCUT2D eigenvalue weighted by Gasteiger charge is -2.13. The molecule has 2 heterocycles. The summed E-state index contributed by atoms with van der Waals surface area (Å²) in [5.41, 5.74) is 7.38. The van der Waals surface area contributed by atoms with E-state index in [1.165, 1.54) is 63.6 Å². The number of fused-ring (bicyclic) bond motifs is 9. The molecule has 0 aliphatic heterocycles. The van der Waals surface area contributed by atoms with Crippen LogP contribution in [0.15, 0.2) is 170 Å². The minimum atomic E-state index is 0.736. The lowest BCUT2D eigenvalue weighted by molar-refractivity contribution is 1.19. The van der Waals surface area contributed by atoms with Gasteiger partial charge < -0.3 is 0 Å². The third-order valence-electron chi connectivity index (χ3n) is 9.70. The molecule has 3 heteroatoms. The Labute approximate surface area is 287 Å². The molecular formula is C46H28N2S. The molecule has 0 unspecified atom stereocenters. The summed E-state index contributed by atoms with van der Waals surface area (Å²) in [4.78, 5) is 10.6. The van der Waals surface area contributed by atoms with Crippen LogP contribution in [-0.4, -0.2) is 9.97 Å². The minimum absolute atomic E-state index is 0.736. The summed E-state index contributed by atoms with van der Waals surface area (Å²) in [6.07, 6.45) is 0.